The van der Waals surface area contributed by atoms with E-state index in [9.17, 15) is 8.42 Å². The van der Waals surface area contributed by atoms with Crippen LogP contribution in [0.2, 0.25) is 0 Å². The maximum Gasteiger partial charge on any atom is 0.151 e. The smallest absolute Gasteiger partial charge is 0.151 e. The molecule has 1 aliphatic heterocycles. The van der Waals surface area contributed by atoms with Gasteiger partial charge in [-0.25, -0.2) is 8.42 Å². The summed E-state index contributed by atoms with van der Waals surface area (Å²) in [4.78, 5) is 2.23. The molecule has 1 aromatic carbocycles. The van der Waals surface area contributed by atoms with E-state index in [1.165, 1.54) is 11.1 Å². The lowest BCUT2D eigenvalue weighted by Crippen LogP contribution is -2.41. The van der Waals surface area contributed by atoms with Crippen molar-refractivity contribution in [3.63, 3.8) is 0 Å². The van der Waals surface area contributed by atoms with E-state index in [1.54, 1.807) is 0 Å². The van der Waals surface area contributed by atoms with E-state index in [1.807, 2.05) is 19.1 Å². The molecule has 4 nitrogen and oxygen atoms in total. The topological polar surface area (TPSA) is 63.4 Å². The van der Waals surface area contributed by atoms with Crippen LogP contribution in [-0.4, -0.2) is 44.0 Å². The van der Waals surface area contributed by atoms with Crippen molar-refractivity contribution in [3.05, 3.63) is 35.4 Å². The van der Waals surface area contributed by atoms with Crippen LogP contribution >= 0.6 is 0 Å². The SMILES string of the molecule is Cc1ccccc1C(C(C)N)N1CCCS(=O)(=O)CC1. The van der Waals surface area contributed by atoms with Crippen molar-refractivity contribution in [2.75, 3.05) is 24.6 Å². The summed E-state index contributed by atoms with van der Waals surface area (Å²) in [5.74, 6) is 0.533. The average molecular weight is 296 g/mol. The van der Waals surface area contributed by atoms with E-state index in [4.69, 9.17) is 5.73 Å². The molecule has 1 heterocycles. The van der Waals surface area contributed by atoms with E-state index < -0.39 is 9.84 Å². The number of nitrogens with two attached hydrogens (primary N) is 1. The van der Waals surface area contributed by atoms with E-state index in [-0.39, 0.29) is 17.8 Å². The molecule has 0 aliphatic carbocycles. The second-order valence-corrected chi connectivity index (χ2v) is 8.01. The molecule has 1 aromatic rings. The minimum atomic E-state index is -2.89. The molecule has 2 rings (SSSR count). The zero-order valence-corrected chi connectivity index (χ0v) is 13.1. The van der Waals surface area contributed by atoms with E-state index in [2.05, 4.69) is 24.0 Å². The lowest BCUT2D eigenvalue weighted by atomic mass is 9.95. The van der Waals surface area contributed by atoms with Gasteiger partial charge in [-0.05, 0) is 37.9 Å². The molecule has 1 aliphatic rings. The van der Waals surface area contributed by atoms with Crippen molar-refractivity contribution in [2.45, 2.75) is 32.4 Å². The first-order valence-electron chi connectivity index (χ1n) is 7.16. The molecule has 0 radical (unpaired) electrons. The van der Waals surface area contributed by atoms with Crippen molar-refractivity contribution in [2.24, 2.45) is 5.73 Å². The first kappa shape index (κ1) is 15.5. The zero-order valence-electron chi connectivity index (χ0n) is 12.2. The number of hydrogen-bond donors (Lipinski definition) is 1. The molecular formula is C15H24N2O2S. The van der Waals surface area contributed by atoms with Crippen LogP contribution in [0.15, 0.2) is 24.3 Å². The van der Waals surface area contributed by atoms with Gasteiger partial charge in [-0.15, -0.1) is 0 Å². The Morgan fingerprint density at radius 2 is 1.90 bits per heavy atom. The monoisotopic (exact) mass is 296 g/mol. The molecule has 1 saturated heterocycles. The maximum absolute atomic E-state index is 11.8. The lowest BCUT2D eigenvalue weighted by Gasteiger charge is -2.34. The Bertz CT molecular complexity index is 555. The summed E-state index contributed by atoms with van der Waals surface area (Å²) in [5, 5.41) is 0. The fourth-order valence-corrected chi connectivity index (χ4v) is 4.25. The molecule has 0 amide bonds. The average Bonchev–Trinajstić information content (AvgIpc) is 2.53. The van der Waals surface area contributed by atoms with Crippen LogP contribution in [0.3, 0.4) is 0 Å². The van der Waals surface area contributed by atoms with Gasteiger partial charge in [0.05, 0.1) is 11.5 Å². The van der Waals surface area contributed by atoms with Crippen molar-refractivity contribution in [3.8, 4) is 0 Å². The summed E-state index contributed by atoms with van der Waals surface area (Å²) in [6.07, 6.45) is 0.692. The minimum Gasteiger partial charge on any atom is -0.326 e. The summed E-state index contributed by atoms with van der Waals surface area (Å²) in [6.45, 7) is 5.44. The third-order valence-corrected chi connectivity index (χ3v) is 5.70. The molecule has 0 saturated carbocycles. The van der Waals surface area contributed by atoms with Gasteiger partial charge < -0.3 is 5.73 Å². The molecule has 0 bridgehead atoms. The van der Waals surface area contributed by atoms with Gasteiger partial charge in [-0.2, -0.15) is 0 Å². The van der Waals surface area contributed by atoms with Gasteiger partial charge in [0, 0.05) is 18.6 Å². The van der Waals surface area contributed by atoms with Gasteiger partial charge >= 0.3 is 0 Å². The third-order valence-electron chi connectivity index (χ3n) is 3.99. The first-order valence-corrected chi connectivity index (χ1v) is 8.98. The van der Waals surface area contributed by atoms with Gasteiger partial charge in [-0.1, -0.05) is 24.3 Å². The quantitative estimate of drug-likeness (QED) is 0.918. The Hall–Kier alpha value is -0.910. The second-order valence-electron chi connectivity index (χ2n) is 5.70. The predicted octanol–water partition coefficient (Wildman–Crippen LogP) is 1.50. The molecule has 1 fully saturated rings. The highest BCUT2D eigenvalue weighted by Gasteiger charge is 2.28. The van der Waals surface area contributed by atoms with Crippen molar-refractivity contribution in [1.82, 2.24) is 4.90 Å². The van der Waals surface area contributed by atoms with Crippen LogP contribution in [0.4, 0.5) is 0 Å². The summed E-state index contributed by atoms with van der Waals surface area (Å²) >= 11 is 0. The summed E-state index contributed by atoms with van der Waals surface area (Å²) in [6, 6.07) is 8.28. The molecule has 5 heteroatoms. The van der Waals surface area contributed by atoms with Crippen molar-refractivity contribution in [1.29, 1.82) is 0 Å². The Balaban J connectivity index is 2.28. The molecule has 2 atom stereocenters. The first-order chi connectivity index (χ1) is 9.41. The normalized spacial score (nSPS) is 22.9. The van der Waals surface area contributed by atoms with Gasteiger partial charge in [0.1, 0.15) is 0 Å². The lowest BCUT2D eigenvalue weighted by molar-refractivity contribution is 0.189. The maximum atomic E-state index is 11.8. The minimum absolute atomic E-state index is 0.0306. The molecule has 0 spiro atoms. The van der Waals surface area contributed by atoms with Gasteiger partial charge in [0.15, 0.2) is 9.84 Å². The van der Waals surface area contributed by atoms with Gasteiger partial charge in [0.2, 0.25) is 0 Å². The Kier molecular flexibility index (Phi) is 4.83. The summed E-state index contributed by atoms with van der Waals surface area (Å²) in [5.41, 5.74) is 8.62. The number of hydrogen-bond acceptors (Lipinski definition) is 4. The van der Waals surface area contributed by atoms with Crippen molar-refractivity contribution >= 4 is 9.84 Å². The fourth-order valence-electron chi connectivity index (χ4n) is 2.97. The Morgan fingerprint density at radius 1 is 1.20 bits per heavy atom. The molecule has 2 unspecified atom stereocenters. The van der Waals surface area contributed by atoms with E-state index in [0.29, 0.717) is 18.7 Å². The molecule has 20 heavy (non-hydrogen) atoms. The molecule has 0 aromatic heterocycles. The van der Waals surface area contributed by atoms with Crippen molar-refractivity contribution < 1.29 is 8.42 Å². The number of benzene rings is 1. The highest BCUT2D eigenvalue weighted by molar-refractivity contribution is 7.91. The Morgan fingerprint density at radius 3 is 2.55 bits per heavy atom. The number of aryl methyl sites for hydroxylation is 1. The largest absolute Gasteiger partial charge is 0.326 e. The van der Waals surface area contributed by atoms with E-state index >= 15 is 0 Å². The molecular weight excluding hydrogens is 272 g/mol. The summed E-state index contributed by atoms with van der Waals surface area (Å²) < 4.78 is 23.5. The second kappa shape index (κ2) is 6.24. The van der Waals surface area contributed by atoms with Crippen LogP contribution in [0.5, 0.6) is 0 Å². The van der Waals surface area contributed by atoms with Gasteiger partial charge in [-0.3, -0.25) is 4.90 Å². The predicted molar refractivity (Wildman–Crippen MR) is 82.4 cm³/mol. The van der Waals surface area contributed by atoms with Crippen LogP contribution in [0.25, 0.3) is 0 Å². The third kappa shape index (κ3) is 3.59. The van der Waals surface area contributed by atoms with Gasteiger partial charge in [0.25, 0.3) is 0 Å². The number of sulfone groups is 1. The Labute approximate surface area is 121 Å². The van der Waals surface area contributed by atoms with Crippen LogP contribution in [0, 0.1) is 6.92 Å². The highest BCUT2D eigenvalue weighted by atomic mass is 32.2. The number of nitrogens with zero attached hydrogens (tertiary/aromatic N) is 1. The number of rotatable bonds is 3. The summed E-state index contributed by atoms with van der Waals surface area (Å²) in [7, 11) is -2.89. The highest BCUT2D eigenvalue weighted by Crippen LogP contribution is 2.27. The van der Waals surface area contributed by atoms with Crippen LogP contribution < -0.4 is 5.73 Å². The van der Waals surface area contributed by atoms with Crippen LogP contribution in [0.1, 0.15) is 30.5 Å². The van der Waals surface area contributed by atoms with Crippen LogP contribution in [-0.2, 0) is 9.84 Å². The molecule has 2 N–H and O–H groups in total. The standard InChI is InChI=1S/C15H24N2O2S/c1-12-6-3-4-7-14(12)15(13(2)16)17-8-5-10-20(18,19)11-9-17/h3-4,6-7,13,15H,5,8-11,16H2,1-2H3. The van der Waals surface area contributed by atoms with E-state index in [0.717, 1.165) is 6.54 Å². The zero-order chi connectivity index (χ0) is 14.8. The molecule has 112 valence electrons. The fraction of sp³-hybridized carbons (Fsp3) is 0.600.